The minimum Gasteiger partial charge on any atom is -0.459 e. The third-order valence-electron chi connectivity index (χ3n) is 5.13. The van der Waals surface area contributed by atoms with Crippen molar-refractivity contribution in [3.05, 3.63) is 93.2 Å². The van der Waals surface area contributed by atoms with Crippen molar-refractivity contribution in [3.8, 4) is 11.4 Å². The van der Waals surface area contributed by atoms with E-state index in [1.807, 2.05) is 12.1 Å². The van der Waals surface area contributed by atoms with Gasteiger partial charge in [0, 0.05) is 24.6 Å². The summed E-state index contributed by atoms with van der Waals surface area (Å²) in [5.41, 5.74) is 2.76. The number of hydrogen-bond acceptors (Lipinski definition) is 7. The first-order valence-corrected chi connectivity index (χ1v) is 11.5. The van der Waals surface area contributed by atoms with Crippen LogP contribution in [0.4, 0.5) is 10.1 Å². The van der Waals surface area contributed by atoms with Gasteiger partial charge in [-0.3, -0.25) is 14.2 Å². The van der Waals surface area contributed by atoms with Gasteiger partial charge >= 0.3 is 0 Å². The highest BCUT2D eigenvalue weighted by Crippen LogP contribution is 2.25. The number of ether oxygens (including phenoxy) is 1. The number of aromatic nitrogens is 2. The number of thiazole rings is 1. The average molecular weight is 493 g/mol. The highest BCUT2D eigenvalue weighted by Gasteiger charge is 2.20. The van der Waals surface area contributed by atoms with Crippen molar-refractivity contribution >= 4 is 39.5 Å². The standard InChI is InChI=1S/C25H21FN4O4S/c1-15(8-10-27)34-22-7-6-17(12-19(22)26)29-23(32)18-13-20-25(35-14-28-20)30(24(18)33)21-5-3-2-4-16(21)9-11-31/h2-8,10,12-14,27,31H,9,11H2,1H3,(H,29,32)/b15-8+,27-10?. The maximum atomic E-state index is 14.5. The molecule has 0 unspecified atom stereocenters. The summed E-state index contributed by atoms with van der Waals surface area (Å²) in [5.74, 6) is -1.17. The number of aliphatic hydroxyl groups is 1. The first-order chi connectivity index (χ1) is 16.9. The van der Waals surface area contributed by atoms with Crippen LogP contribution < -0.4 is 15.6 Å². The van der Waals surface area contributed by atoms with Crippen LogP contribution in [0.15, 0.2) is 70.7 Å². The molecule has 4 aromatic rings. The smallest absolute Gasteiger partial charge is 0.269 e. The largest absolute Gasteiger partial charge is 0.459 e. The molecule has 0 radical (unpaired) electrons. The topological polar surface area (TPSA) is 117 Å². The molecule has 0 bridgehead atoms. The molecule has 0 fully saturated rings. The number of aliphatic hydroxyl groups excluding tert-OH is 1. The Morgan fingerprint density at radius 2 is 2.09 bits per heavy atom. The van der Waals surface area contributed by atoms with Gasteiger partial charge in [0.2, 0.25) is 0 Å². The Labute approximate surface area is 203 Å². The van der Waals surface area contributed by atoms with Crippen LogP contribution in [-0.2, 0) is 6.42 Å². The van der Waals surface area contributed by atoms with Gasteiger partial charge in [-0.2, -0.15) is 0 Å². The molecule has 4 rings (SSSR count). The fraction of sp³-hybridized carbons (Fsp3) is 0.120. The van der Waals surface area contributed by atoms with E-state index >= 15 is 0 Å². The number of halogens is 1. The van der Waals surface area contributed by atoms with E-state index in [-0.39, 0.29) is 23.6 Å². The van der Waals surface area contributed by atoms with Gasteiger partial charge in [0.1, 0.15) is 16.2 Å². The number of rotatable bonds is 8. The van der Waals surface area contributed by atoms with E-state index in [1.54, 1.807) is 24.6 Å². The van der Waals surface area contributed by atoms with Crippen molar-refractivity contribution in [3.63, 3.8) is 0 Å². The van der Waals surface area contributed by atoms with E-state index in [0.29, 0.717) is 28.2 Å². The summed E-state index contributed by atoms with van der Waals surface area (Å²) in [4.78, 5) is 31.4. The number of amides is 1. The molecule has 0 atom stereocenters. The number of para-hydroxylation sites is 1. The fourth-order valence-corrected chi connectivity index (χ4v) is 4.34. The van der Waals surface area contributed by atoms with Gasteiger partial charge in [-0.1, -0.05) is 18.2 Å². The lowest BCUT2D eigenvalue weighted by Crippen LogP contribution is -2.29. The predicted octanol–water partition coefficient (Wildman–Crippen LogP) is 4.31. The van der Waals surface area contributed by atoms with Gasteiger partial charge in [-0.25, -0.2) is 9.37 Å². The molecule has 0 aliphatic heterocycles. The van der Waals surface area contributed by atoms with E-state index < -0.39 is 17.3 Å². The lowest BCUT2D eigenvalue weighted by Gasteiger charge is -2.14. The van der Waals surface area contributed by atoms with Crippen molar-refractivity contribution in [1.29, 1.82) is 5.41 Å². The molecule has 8 nitrogen and oxygen atoms in total. The summed E-state index contributed by atoms with van der Waals surface area (Å²) in [7, 11) is 0. The summed E-state index contributed by atoms with van der Waals surface area (Å²) in [5, 5.41) is 19.0. The number of carbonyl (C=O) groups excluding carboxylic acids is 1. The van der Waals surface area contributed by atoms with Gasteiger partial charge < -0.3 is 20.6 Å². The SMILES string of the molecule is C/C(=C\C=N)Oc1ccc(NC(=O)c2cc3ncsc3n(-c3ccccc3CCO)c2=O)cc1F. The van der Waals surface area contributed by atoms with Crippen molar-refractivity contribution < 1.29 is 19.0 Å². The molecular formula is C25H21FN4O4S. The van der Waals surface area contributed by atoms with Crippen molar-refractivity contribution in [2.24, 2.45) is 0 Å². The Morgan fingerprint density at radius 3 is 2.83 bits per heavy atom. The molecule has 10 heteroatoms. The number of hydrogen-bond donors (Lipinski definition) is 3. The van der Waals surface area contributed by atoms with Crippen LogP contribution in [0.2, 0.25) is 0 Å². The Balaban J connectivity index is 1.71. The summed E-state index contributed by atoms with van der Waals surface area (Å²) in [6, 6.07) is 12.4. The molecule has 0 saturated heterocycles. The highest BCUT2D eigenvalue weighted by atomic mass is 32.1. The number of fused-ring (bicyclic) bond motifs is 1. The van der Waals surface area contributed by atoms with Crippen LogP contribution in [0.5, 0.6) is 5.75 Å². The molecule has 178 valence electrons. The molecule has 2 heterocycles. The summed E-state index contributed by atoms with van der Waals surface area (Å²) < 4.78 is 21.2. The quantitative estimate of drug-likeness (QED) is 0.250. The molecule has 1 amide bonds. The Morgan fingerprint density at radius 1 is 1.29 bits per heavy atom. The minimum absolute atomic E-state index is 0.0645. The minimum atomic E-state index is -0.717. The second-order valence-electron chi connectivity index (χ2n) is 7.49. The van der Waals surface area contributed by atoms with E-state index in [1.165, 1.54) is 40.2 Å². The highest BCUT2D eigenvalue weighted by molar-refractivity contribution is 7.16. The van der Waals surface area contributed by atoms with Crippen LogP contribution in [0.25, 0.3) is 16.0 Å². The Kier molecular flexibility index (Phi) is 7.14. The van der Waals surface area contributed by atoms with Crippen LogP contribution >= 0.6 is 11.3 Å². The maximum Gasteiger partial charge on any atom is 0.269 e. The predicted molar refractivity (Wildman–Crippen MR) is 134 cm³/mol. The van der Waals surface area contributed by atoms with Crippen LogP contribution in [0, 0.1) is 11.2 Å². The zero-order chi connectivity index (χ0) is 24.9. The lowest BCUT2D eigenvalue weighted by atomic mass is 10.1. The molecule has 2 aromatic carbocycles. The second-order valence-corrected chi connectivity index (χ2v) is 8.32. The van der Waals surface area contributed by atoms with Gasteiger partial charge in [0.25, 0.3) is 11.5 Å². The number of nitrogens with zero attached hydrogens (tertiary/aromatic N) is 2. The number of anilines is 1. The van der Waals surface area contributed by atoms with Crippen LogP contribution in [-0.4, -0.2) is 33.4 Å². The number of pyridine rings is 1. The van der Waals surface area contributed by atoms with Crippen LogP contribution in [0.1, 0.15) is 22.8 Å². The first kappa shape index (κ1) is 24.0. The number of allylic oxidation sites excluding steroid dienone is 2. The summed E-state index contributed by atoms with van der Waals surface area (Å²) >= 11 is 1.26. The van der Waals surface area contributed by atoms with Gasteiger partial charge in [-0.15, -0.1) is 11.3 Å². The first-order valence-electron chi connectivity index (χ1n) is 10.6. The maximum absolute atomic E-state index is 14.5. The van der Waals surface area contributed by atoms with E-state index in [2.05, 4.69) is 10.3 Å². The molecule has 0 spiro atoms. The molecular weight excluding hydrogens is 471 g/mol. The Bertz CT molecular complexity index is 1510. The molecule has 2 aromatic heterocycles. The number of benzene rings is 2. The van der Waals surface area contributed by atoms with Gasteiger partial charge in [0.05, 0.1) is 16.7 Å². The summed E-state index contributed by atoms with van der Waals surface area (Å²) in [6.45, 7) is 1.48. The molecule has 0 saturated carbocycles. The zero-order valence-corrected chi connectivity index (χ0v) is 19.4. The van der Waals surface area contributed by atoms with Crippen molar-refractivity contribution in [2.75, 3.05) is 11.9 Å². The van der Waals surface area contributed by atoms with Crippen molar-refractivity contribution in [2.45, 2.75) is 13.3 Å². The fourth-order valence-electron chi connectivity index (χ4n) is 3.55. The van der Waals surface area contributed by atoms with Gasteiger partial charge in [0.15, 0.2) is 11.6 Å². The van der Waals surface area contributed by atoms with E-state index in [9.17, 15) is 19.1 Å². The molecule has 0 aliphatic carbocycles. The van der Waals surface area contributed by atoms with Crippen LogP contribution in [0.3, 0.4) is 0 Å². The third-order valence-corrected chi connectivity index (χ3v) is 5.96. The normalized spacial score (nSPS) is 11.5. The second kappa shape index (κ2) is 10.4. The van der Waals surface area contributed by atoms with E-state index in [4.69, 9.17) is 10.1 Å². The molecule has 3 N–H and O–H groups in total. The number of nitrogens with one attached hydrogen (secondary N) is 2. The zero-order valence-electron chi connectivity index (χ0n) is 18.6. The summed E-state index contributed by atoms with van der Waals surface area (Å²) in [6.07, 6.45) is 2.73. The Hall–Kier alpha value is -4.15. The number of carbonyl (C=O) groups is 1. The van der Waals surface area contributed by atoms with Gasteiger partial charge in [-0.05, 0) is 49.2 Å². The lowest BCUT2D eigenvalue weighted by molar-refractivity contribution is 0.102. The van der Waals surface area contributed by atoms with Crippen molar-refractivity contribution in [1.82, 2.24) is 9.55 Å². The van der Waals surface area contributed by atoms with E-state index in [0.717, 1.165) is 17.8 Å². The average Bonchev–Trinajstić information content (AvgIpc) is 3.30. The monoisotopic (exact) mass is 492 g/mol. The molecule has 35 heavy (non-hydrogen) atoms. The third kappa shape index (κ3) is 5.03. The molecule has 0 aliphatic rings.